The van der Waals surface area contributed by atoms with Gasteiger partial charge < -0.3 is 5.11 Å². The van der Waals surface area contributed by atoms with E-state index in [0.29, 0.717) is 5.75 Å². The van der Waals surface area contributed by atoms with Gasteiger partial charge in [0, 0.05) is 0 Å². The Morgan fingerprint density at radius 1 is 0.875 bits per heavy atom. The lowest BCUT2D eigenvalue weighted by Gasteiger charge is -2.04. The van der Waals surface area contributed by atoms with Crippen LogP contribution in [0.15, 0.2) is 55.1 Å². The van der Waals surface area contributed by atoms with E-state index >= 15 is 0 Å². The fourth-order valence-corrected chi connectivity index (χ4v) is 1.60. The summed E-state index contributed by atoms with van der Waals surface area (Å²) in [6.07, 6.45) is 0. The van der Waals surface area contributed by atoms with Gasteiger partial charge in [-0.1, -0.05) is 48.6 Å². The number of phenols is 1. The van der Waals surface area contributed by atoms with E-state index < -0.39 is 0 Å². The van der Waals surface area contributed by atoms with Crippen LogP contribution in [-0.4, -0.2) is 5.11 Å². The van der Waals surface area contributed by atoms with Crippen molar-refractivity contribution in [2.24, 2.45) is 0 Å². The minimum atomic E-state index is 0.294. The Morgan fingerprint density at radius 3 is 1.75 bits per heavy atom. The van der Waals surface area contributed by atoms with E-state index in [0.717, 1.165) is 22.3 Å². The molecule has 1 heteroatoms. The molecule has 2 aromatic rings. The van der Waals surface area contributed by atoms with Crippen molar-refractivity contribution in [3.63, 3.8) is 0 Å². The Bertz CT molecular complexity index is 492. The maximum absolute atomic E-state index is 9.21. The van der Waals surface area contributed by atoms with Crippen molar-refractivity contribution in [3.8, 4) is 16.9 Å². The second-order valence-electron chi connectivity index (χ2n) is 3.90. The first-order chi connectivity index (χ1) is 7.66. The minimum Gasteiger partial charge on any atom is -0.508 e. The van der Waals surface area contributed by atoms with Gasteiger partial charge in [0.2, 0.25) is 0 Å². The van der Waals surface area contributed by atoms with Gasteiger partial charge in [-0.25, -0.2) is 0 Å². The molecule has 0 atom stereocenters. The number of hydrogen-bond acceptors (Lipinski definition) is 1. The summed E-state index contributed by atoms with van der Waals surface area (Å²) in [6, 6.07) is 15.5. The van der Waals surface area contributed by atoms with Crippen LogP contribution in [-0.2, 0) is 0 Å². The van der Waals surface area contributed by atoms with Gasteiger partial charge in [-0.3, -0.25) is 0 Å². The summed E-state index contributed by atoms with van der Waals surface area (Å²) in [7, 11) is 0. The standard InChI is InChI=1S/C15H14O/c1-11(2)12-3-5-13(6-4-12)14-7-9-15(16)10-8-14/h3-10,16H,1H2,2H3. The van der Waals surface area contributed by atoms with Gasteiger partial charge in [0.05, 0.1) is 0 Å². The van der Waals surface area contributed by atoms with Gasteiger partial charge in [0.15, 0.2) is 0 Å². The average molecular weight is 210 g/mol. The van der Waals surface area contributed by atoms with E-state index in [1.807, 2.05) is 19.1 Å². The lowest BCUT2D eigenvalue weighted by atomic mass is 10.0. The van der Waals surface area contributed by atoms with Crippen molar-refractivity contribution >= 4 is 5.57 Å². The second-order valence-corrected chi connectivity index (χ2v) is 3.90. The fraction of sp³-hybridized carbons (Fsp3) is 0.0667. The average Bonchev–Trinajstić information content (AvgIpc) is 2.30. The molecule has 80 valence electrons. The van der Waals surface area contributed by atoms with Gasteiger partial charge in [0.25, 0.3) is 0 Å². The monoisotopic (exact) mass is 210 g/mol. The third-order valence-electron chi connectivity index (χ3n) is 2.58. The first kappa shape index (κ1) is 10.5. The lowest BCUT2D eigenvalue weighted by Crippen LogP contribution is -1.80. The Morgan fingerprint density at radius 2 is 1.31 bits per heavy atom. The summed E-state index contributed by atoms with van der Waals surface area (Å²) < 4.78 is 0. The summed E-state index contributed by atoms with van der Waals surface area (Å²) in [5.41, 5.74) is 4.47. The van der Waals surface area contributed by atoms with E-state index in [9.17, 15) is 5.11 Å². The second kappa shape index (κ2) is 4.23. The molecule has 0 heterocycles. The van der Waals surface area contributed by atoms with Crippen molar-refractivity contribution in [1.29, 1.82) is 0 Å². The smallest absolute Gasteiger partial charge is 0.115 e. The van der Waals surface area contributed by atoms with Gasteiger partial charge >= 0.3 is 0 Å². The number of benzene rings is 2. The molecule has 1 nitrogen and oxygen atoms in total. The predicted molar refractivity (Wildman–Crippen MR) is 68.3 cm³/mol. The summed E-state index contributed by atoms with van der Waals surface area (Å²) in [6.45, 7) is 5.90. The third kappa shape index (κ3) is 2.14. The number of phenolic OH excluding ortho intramolecular Hbond substituents is 1. The molecule has 0 bridgehead atoms. The minimum absolute atomic E-state index is 0.294. The Labute approximate surface area is 95.7 Å². The fourth-order valence-electron chi connectivity index (χ4n) is 1.60. The molecular formula is C15H14O. The van der Waals surface area contributed by atoms with Crippen LogP contribution in [0.1, 0.15) is 12.5 Å². The SMILES string of the molecule is C=C(C)c1ccc(-c2ccc(O)cc2)cc1. The zero-order valence-electron chi connectivity index (χ0n) is 9.27. The lowest BCUT2D eigenvalue weighted by molar-refractivity contribution is 0.475. The van der Waals surface area contributed by atoms with Crippen molar-refractivity contribution < 1.29 is 5.11 Å². The summed E-state index contributed by atoms with van der Waals surface area (Å²) in [5, 5.41) is 9.21. The molecule has 0 aliphatic rings. The van der Waals surface area contributed by atoms with E-state index in [1.54, 1.807) is 12.1 Å². The highest BCUT2D eigenvalue weighted by atomic mass is 16.3. The highest BCUT2D eigenvalue weighted by molar-refractivity contribution is 5.68. The topological polar surface area (TPSA) is 20.2 Å². The summed E-state index contributed by atoms with van der Waals surface area (Å²) in [5.74, 6) is 0.294. The molecule has 0 aromatic heterocycles. The van der Waals surface area contributed by atoms with Crippen molar-refractivity contribution in [2.75, 3.05) is 0 Å². The van der Waals surface area contributed by atoms with Crippen LogP contribution in [0.3, 0.4) is 0 Å². The van der Waals surface area contributed by atoms with Crippen molar-refractivity contribution in [1.82, 2.24) is 0 Å². The quantitative estimate of drug-likeness (QED) is 0.791. The molecule has 16 heavy (non-hydrogen) atoms. The molecule has 0 aliphatic heterocycles. The number of hydrogen-bond donors (Lipinski definition) is 1. The first-order valence-corrected chi connectivity index (χ1v) is 5.22. The molecule has 0 amide bonds. The van der Waals surface area contributed by atoms with Gasteiger partial charge in [-0.2, -0.15) is 0 Å². The van der Waals surface area contributed by atoms with Crippen molar-refractivity contribution in [3.05, 3.63) is 60.7 Å². The van der Waals surface area contributed by atoms with Crippen LogP contribution in [0.4, 0.5) is 0 Å². The third-order valence-corrected chi connectivity index (χ3v) is 2.58. The zero-order chi connectivity index (χ0) is 11.5. The Balaban J connectivity index is 2.34. The Kier molecular flexibility index (Phi) is 2.78. The Hall–Kier alpha value is -2.02. The zero-order valence-corrected chi connectivity index (χ0v) is 9.27. The maximum Gasteiger partial charge on any atom is 0.115 e. The highest BCUT2D eigenvalue weighted by Gasteiger charge is 1.98. The van der Waals surface area contributed by atoms with Crippen LogP contribution in [0.5, 0.6) is 5.75 Å². The van der Waals surface area contributed by atoms with Crippen LogP contribution in [0.2, 0.25) is 0 Å². The van der Waals surface area contributed by atoms with Gasteiger partial charge in [-0.05, 0) is 35.7 Å². The summed E-state index contributed by atoms with van der Waals surface area (Å²) in [4.78, 5) is 0. The van der Waals surface area contributed by atoms with Crippen LogP contribution in [0, 0.1) is 0 Å². The summed E-state index contributed by atoms with van der Waals surface area (Å²) >= 11 is 0. The largest absolute Gasteiger partial charge is 0.508 e. The molecule has 0 aliphatic carbocycles. The molecule has 0 radical (unpaired) electrons. The van der Waals surface area contributed by atoms with Crippen LogP contribution < -0.4 is 0 Å². The molecule has 0 saturated carbocycles. The highest BCUT2D eigenvalue weighted by Crippen LogP contribution is 2.23. The van der Waals surface area contributed by atoms with Crippen LogP contribution in [0.25, 0.3) is 16.7 Å². The van der Waals surface area contributed by atoms with E-state index in [-0.39, 0.29) is 0 Å². The number of allylic oxidation sites excluding steroid dienone is 1. The van der Waals surface area contributed by atoms with E-state index in [1.165, 1.54) is 0 Å². The van der Waals surface area contributed by atoms with Crippen molar-refractivity contribution in [2.45, 2.75) is 6.92 Å². The molecule has 0 unspecified atom stereocenters. The molecule has 1 N–H and O–H groups in total. The molecule has 2 rings (SSSR count). The van der Waals surface area contributed by atoms with Gasteiger partial charge in [0.1, 0.15) is 5.75 Å². The molecule has 0 saturated heterocycles. The maximum atomic E-state index is 9.21. The van der Waals surface area contributed by atoms with E-state index in [4.69, 9.17) is 0 Å². The number of aromatic hydroxyl groups is 1. The van der Waals surface area contributed by atoms with E-state index in [2.05, 4.69) is 30.8 Å². The predicted octanol–water partition coefficient (Wildman–Crippen LogP) is 4.09. The molecule has 0 spiro atoms. The first-order valence-electron chi connectivity index (χ1n) is 5.22. The molecule has 0 fully saturated rings. The molecular weight excluding hydrogens is 196 g/mol. The normalized spacial score (nSPS) is 10.1. The molecule has 2 aromatic carbocycles. The van der Waals surface area contributed by atoms with Crippen LogP contribution >= 0.6 is 0 Å². The van der Waals surface area contributed by atoms with Gasteiger partial charge in [-0.15, -0.1) is 0 Å². The number of rotatable bonds is 2.